The number of ether oxygens (including phenoxy) is 3. The fourth-order valence-corrected chi connectivity index (χ4v) is 1.79. The van der Waals surface area contributed by atoms with Gasteiger partial charge in [0.1, 0.15) is 18.3 Å². The third-order valence-corrected chi connectivity index (χ3v) is 2.52. The number of rotatable bonds is 2. The van der Waals surface area contributed by atoms with Crippen molar-refractivity contribution in [3.05, 3.63) is 12.2 Å². The minimum Gasteiger partial charge on any atom is -0.459 e. The summed E-state index contributed by atoms with van der Waals surface area (Å²) in [5.74, 6) is -0.411. The van der Waals surface area contributed by atoms with Crippen LogP contribution in [0.1, 0.15) is 19.8 Å². The van der Waals surface area contributed by atoms with Gasteiger partial charge in [-0.15, -0.1) is 0 Å². The molecule has 0 aromatic rings. The summed E-state index contributed by atoms with van der Waals surface area (Å²) in [5.41, 5.74) is 0.366. The summed E-state index contributed by atoms with van der Waals surface area (Å²) in [6, 6.07) is 0. The second-order valence-electron chi connectivity index (χ2n) is 3.84. The Balaban J connectivity index is 1.87. The van der Waals surface area contributed by atoms with Gasteiger partial charge in [0.2, 0.25) is 0 Å². The van der Waals surface area contributed by atoms with Crippen LogP contribution in [0, 0.1) is 0 Å². The number of fused-ring (bicyclic) bond motifs is 1. The molecule has 0 aromatic heterocycles. The highest BCUT2D eigenvalue weighted by Crippen LogP contribution is 2.32. The molecule has 5 nitrogen and oxygen atoms in total. The summed E-state index contributed by atoms with van der Waals surface area (Å²) >= 11 is 0. The Labute approximate surface area is 87.0 Å². The van der Waals surface area contributed by atoms with Crippen LogP contribution in [0.4, 0.5) is 4.79 Å². The van der Waals surface area contributed by atoms with Gasteiger partial charge in [-0.2, -0.15) is 0 Å². The normalized spacial score (nSPS) is 32.9. The Bertz CT molecular complexity index is 306. The fourth-order valence-electron chi connectivity index (χ4n) is 1.79. The quantitative estimate of drug-likeness (QED) is 0.508. The zero-order valence-electron chi connectivity index (χ0n) is 8.39. The van der Waals surface area contributed by atoms with Crippen molar-refractivity contribution >= 4 is 12.1 Å². The van der Waals surface area contributed by atoms with Crippen LogP contribution in [0.3, 0.4) is 0 Å². The molecule has 1 heterocycles. The molecule has 82 valence electrons. The number of carbonyl (C=O) groups is 2. The van der Waals surface area contributed by atoms with Gasteiger partial charge in [-0.05, 0) is 6.92 Å². The van der Waals surface area contributed by atoms with Crippen LogP contribution in [-0.2, 0) is 19.0 Å². The smallest absolute Gasteiger partial charge is 0.459 e. The lowest BCUT2D eigenvalue weighted by molar-refractivity contribution is -0.144. The Morgan fingerprint density at radius 2 is 1.93 bits per heavy atom. The van der Waals surface area contributed by atoms with Crippen molar-refractivity contribution in [2.45, 2.75) is 38.1 Å². The zero-order chi connectivity index (χ0) is 11.0. The van der Waals surface area contributed by atoms with E-state index in [0.717, 1.165) is 0 Å². The molecule has 1 saturated carbocycles. The highest BCUT2D eigenvalue weighted by Gasteiger charge is 2.46. The molecule has 0 spiro atoms. The largest absolute Gasteiger partial charge is 0.509 e. The van der Waals surface area contributed by atoms with Crippen molar-refractivity contribution in [2.75, 3.05) is 0 Å². The molecule has 2 atom stereocenters. The maximum Gasteiger partial charge on any atom is 0.509 e. The first-order valence-electron chi connectivity index (χ1n) is 4.80. The van der Waals surface area contributed by atoms with E-state index in [1.807, 2.05) is 0 Å². The van der Waals surface area contributed by atoms with E-state index in [4.69, 9.17) is 14.2 Å². The molecular formula is C10H12O5. The van der Waals surface area contributed by atoms with Crippen LogP contribution in [0.15, 0.2) is 12.2 Å². The van der Waals surface area contributed by atoms with Crippen molar-refractivity contribution in [2.24, 2.45) is 0 Å². The van der Waals surface area contributed by atoms with Gasteiger partial charge in [-0.25, -0.2) is 9.59 Å². The Morgan fingerprint density at radius 3 is 2.40 bits per heavy atom. The van der Waals surface area contributed by atoms with Gasteiger partial charge in [-0.1, -0.05) is 6.58 Å². The van der Waals surface area contributed by atoms with E-state index in [9.17, 15) is 9.59 Å². The Morgan fingerprint density at radius 1 is 1.40 bits per heavy atom. The Hall–Kier alpha value is -1.52. The number of esters is 1. The van der Waals surface area contributed by atoms with Crippen molar-refractivity contribution in [1.29, 1.82) is 0 Å². The molecule has 1 saturated heterocycles. The third-order valence-electron chi connectivity index (χ3n) is 2.52. The van der Waals surface area contributed by atoms with Gasteiger partial charge >= 0.3 is 12.1 Å². The molecule has 0 bridgehead atoms. The van der Waals surface area contributed by atoms with Crippen molar-refractivity contribution in [3.63, 3.8) is 0 Å². The molecule has 5 heteroatoms. The lowest BCUT2D eigenvalue weighted by atomic mass is 10.3. The number of hydrogen-bond donors (Lipinski definition) is 0. The van der Waals surface area contributed by atoms with Gasteiger partial charge < -0.3 is 14.2 Å². The molecular weight excluding hydrogens is 200 g/mol. The minimum atomic E-state index is -0.630. The summed E-state index contributed by atoms with van der Waals surface area (Å²) in [6.45, 7) is 5.08. The lowest BCUT2D eigenvalue weighted by Gasteiger charge is -2.11. The monoisotopic (exact) mass is 212 g/mol. The van der Waals surface area contributed by atoms with Gasteiger partial charge in [0.15, 0.2) is 0 Å². The van der Waals surface area contributed by atoms with Gasteiger partial charge in [-0.3, -0.25) is 0 Å². The summed E-state index contributed by atoms with van der Waals surface area (Å²) in [6.07, 6.45) is -0.377. The lowest BCUT2D eigenvalue weighted by Crippen LogP contribution is -2.18. The predicted octanol–water partition coefficient (Wildman–Crippen LogP) is 1.17. The number of carbonyl (C=O) groups excluding carboxylic acids is 2. The molecule has 0 amide bonds. The summed E-state index contributed by atoms with van der Waals surface area (Å²) in [7, 11) is 0. The second-order valence-corrected chi connectivity index (χ2v) is 3.84. The average molecular weight is 212 g/mol. The topological polar surface area (TPSA) is 61.8 Å². The van der Waals surface area contributed by atoms with E-state index in [1.54, 1.807) is 6.92 Å². The van der Waals surface area contributed by atoms with Crippen molar-refractivity contribution in [1.82, 2.24) is 0 Å². The van der Waals surface area contributed by atoms with Crippen LogP contribution in [0.5, 0.6) is 0 Å². The highest BCUT2D eigenvalue weighted by molar-refractivity contribution is 5.87. The third kappa shape index (κ3) is 1.95. The second kappa shape index (κ2) is 3.56. The fraction of sp³-hybridized carbons (Fsp3) is 0.600. The maximum absolute atomic E-state index is 11.2. The van der Waals surface area contributed by atoms with E-state index in [1.165, 1.54) is 0 Å². The molecule has 2 rings (SSSR count). The van der Waals surface area contributed by atoms with Crippen molar-refractivity contribution < 1.29 is 23.8 Å². The molecule has 1 aliphatic carbocycles. The molecule has 2 fully saturated rings. The standard InChI is InChI=1S/C10H12O5/c1-5(2)9(11)13-6-3-7-8(4-6)15-10(12)14-7/h6-8H,1,3-4H2,2H3. The molecule has 1 aliphatic heterocycles. The van der Waals surface area contributed by atoms with Crippen LogP contribution in [0.2, 0.25) is 0 Å². The molecule has 0 N–H and O–H groups in total. The predicted molar refractivity (Wildman–Crippen MR) is 49.1 cm³/mol. The molecule has 15 heavy (non-hydrogen) atoms. The van der Waals surface area contributed by atoms with Crippen LogP contribution in [-0.4, -0.2) is 30.4 Å². The first-order valence-corrected chi connectivity index (χ1v) is 4.80. The molecule has 2 aliphatic rings. The van der Waals surface area contributed by atoms with Gasteiger partial charge in [0.25, 0.3) is 0 Å². The first kappa shape index (κ1) is 10.0. The highest BCUT2D eigenvalue weighted by atomic mass is 16.8. The minimum absolute atomic E-state index is 0.239. The van der Waals surface area contributed by atoms with Gasteiger partial charge in [0, 0.05) is 18.4 Å². The SMILES string of the molecule is C=C(C)C(=O)OC1CC2OC(=O)OC2C1. The van der Waals surface area contributed by atoms with Crippen LogP contribution >= 0.6 is 0 Å². The average Bonchev–Trinajstić information content (AvgIpc) is 2.60. The maximum atomic E-state index is 11.2. The van der Waals surface area contributed by atoms with Crippen LogP contribution in [0.25, 0.3) is 0 Å². The van der Waals surface area contributed by atoms with E-state index in [-0.39, 0.29) is 18.3 Å². The van der Waals surface area contributed by atoms with Crippen LogP contribution < -0.4 is 0 Å². The van der Waals surface area contributed by atoms with Gasteiger partial charge in [0.05, 0.1) is 0 Å². The molecule has 0 aromatic carbocycles. The summed E-state index contributed by atoms with van der Waals surface area (Å²) < 4.78 is 14.9. The summed E-state index contributed by atoms with van der Waals surface area (Å²) in [4.78, 5) is 21.9. The van der Waals surface area contributed by atoms with E-state index in [0.29, 0.717) is 18.4 Å². The Kier molecular flexibility index (Phi) is 2.38. The first-order chi connectivity index (χ1) is 7.06. The number of hydrogen-bond acceptors (Lipinski definition) is 5. The molecule has 0 radical (unpaired) electrons. The molecule has 2 unspecified atom stereocenters. The van der Waals surface area contributed by atoms with E-state index < -0.39 is 12.1 Å². The zero-order valence-corrected chi connectivity index (χ0v) is 8.39. The van der Waals surface area contributed by atoms with E-state index in [2.05, 4.69) is 6.58 Å². The summed E-state index contributed by atoms with van der Waals surface area (Å²) in [5, 5.41) is 0. The van der Waals surface area contributed by atoms with E-state index >= 15 is 0 Å². The van der Waals surface area contributed by atoms with Crippen molar-refractivity contribution in [3.8, 4) is 0 Å².